The second kappa shape index (κ2) is 5.59. The molecule has 0 unspecified atom stereocenters. The lowest BCUT2D eigenvalue weighted by atomic mass is 10.2. The predicted octanol–water partition coefficient (Wildman–Crippen LogP) is 4.79. The largest absolute Gasteiger partial charge is 0.326 e. The molecule has 1 aromatic heterocycles. The average Bonchev–Trinajstić information content (AvgIpc) is 3.05. The van der Waals surface area contributed by atoms with Crippen LogP contribution in [0.25, 0.3) is 5.69 Å². The molecule has 5 heteroatoms. The Morgan fingerprint density at radius 1 is 0.957 bits per heavy atom. The summed E-state index contributed by atoms with van der Waals surface area (Å²) in [7, 11) is 0. The van der Waals surface area contributed by atoms with Gasteiger partial charge in [0.2, 0.25) is 0 Å². The lowest BCUT2D eigenvalue weighted by Gasteiger charge is -2.31. The van der Waals surface area contributed by atoms with Gasteiger partial charge < -0.3 is 9.88 Å². The number of benzene rings is 2. The minimum absolute atomic E-state index is 0.132. The number of carbonyl (C=O) groups excluding carboxylic acids is 1. The number of anilines is 2. The van der Waals surface area contributed by atoms with E-state index in [1.807, 2.05) is 66.9 Å². The molecule has 0 saturated heterocycles. The first-order valence-corrected chi connectivity index (χ1v) is 8.11. The van der Waals surface area contributed by atoms with E-state index in [9.17, 15) is 4.79 Å². The van der Waals surface area contributed by atoms with E-state index in [2.05, 4.69) is 25.8 Å². The van der Waals surface area contributed by atoms with Crippen LogP contribution in [0, 0.1) is 0 Å². The van der Waals surface area contributed by atoms with Crippen molar-refractivity contribution in [3.8, 4) is 5.69 Å². The fourth-order valence-electron chi connectivity index (χ4n) is 2.83. The van der Waals surface area contributed by atoms with Gasteiger partial charge in [0, 0.05) is 22.1 Å². The summed E-state index contributed by atoms with van der Waals surface area (Å²) < 4.78 is 3.11. The topological polar surface area (TPSA) is 37.3 Å². The summed E-state index contributed by atoms with van der Waals surface area (Å²) in [5.74, 6) is 0. The number of amides is 2. The van der Waals surface area contributed by atoms with Gasteiger partial charge in [0.1, 0.15) is 0 Å². The molecule has 1 aliphatic heterocycles. The van der Waals surface area contributed by atoms with Crippen LogP contribution in [0.15, 0.2) is 71.3 Å². The van der Waals surface area contributed by atoms with E-state index in [1.54, 1.807) is 4.90 Å². The Balaban J connectivity index is 1.67. The molecule has 3 aromatic rings. The maximum Gasteiger partial charge on any atom is 0.326 e. The van der Waals surface area contributed by atoms with E-state index in [0.29, 0.717) is 6.54 Å². The lowest BCUT2D eigenvalue weighted by molar-refractivity contribution is 0.256. The average molecular weight is 368 g/mol. The monoisotopic (exact) mass is 367 g/mol. The predicted molar refractivity (Wildman–Crippen MR) is 95.1 cm³/mol. The Bertz CT molecular complexity index is 870. The molecule has 23 heavy (non-hydrogen) atoms. The fourth-order valence-corrected chi connectivity index (χ4v) is 3.09. The minimum atomic E-state index is -0.132. The van der Waals surface area contributed by atoms with Crippen molar-refractivity contribution in [1.29, 1.82) is 0 Å². The van der Waals surface area contributed by atoms with E-state index in [1.165, 1.54) is 0 Å². The van der Waals surface area contributed by atoms with Crippen molar-refractivity contribution >= 4 is 33.3 Å². The van der Waals surface area contributed by atoms with Crippen LogP contribution in [0.1, 0.15) is 5.69 Å². The number of carbonyl (C=O) groups is 1. The molecule has 0 saturated carbocycles. The number of rotatable bonds is 1. The SMILES string of the molecule is O=C(Nc1ccc(Br)cc1)N1Cc2cccn2-c2ccccc21. The summed E-state index contributed by atoms with van der Waals surface area (Å²) >= 11 is 3.40. The zero-order valence-electron chi connectivity index (χ0n) is 12.2. The van der Waals surface area contributed by atoms with Gasteiger partial charge in [0.15, 0.2) is 0 Å². The third kappa shape index (κ3) is 2.53. The van der Waals surface area contributed by atoms with Crippen LogP contribution >= 0.6 is 15.9 Å². The highest BCUT2D eigenvalue weighted by atomic mass is 79.9. The molecule has 1 N–H and O–H groups in total. The molecule has 2 aromatic carbocycles. The molecular weight excluding hydrogens is 354 g/mol. The van der Waals surface area contributed by atoms with Crippen LogP contribution in [0.4, 0.5) is 16.2 Å². The van der Waals surface area contributed by atoms with Crippen LogP contribution in [0.5, 0.6) is 0 Å². The number of urea groups is 1. The number of fused-ring (bicyclic) bond motifs is 3. The van der Waals surface area contributed by atoms with Crippen molar-refractivity contribution in [3.63, 3.8) is 0 Å². The summed E-state index contributed by atoms with van der Waals surface area (Å²) in [5, 5.41) is 2.96. The first-order valence-electron chi connectivity index (χ1n) is 7.32. The van der Waals surface area contributed by atoms with E-state index < -0.39 is 0 Å². The van der Waals surface area contributed by atoms with Gasteiger partial charge in [-0.2, -0.15) is 0 Å². The molecule has 1 aliphatic rings. The summed E-state index contributed by atoms with van der Waals surface area (Å²) in [6.07, 6.45) is 2.03. The number of halogens is 1. The number of para-hydroxylation sites is 2. The van der Waals surface area contributed by atoms with E-state index in [0.717, 1.165) is 27.2 Å². The molecule has 2 heterocycles. The van der Waals surface area contributed by atoms with E-state index in [4.69, 9.17) is 0 Å². The molecule has 0 bridgehead atoms. The quantitative estimate of drug-likeness (QED) is 0.659. The summed E-state index contributed by atoms with van der Waals surface area (Å²) in [6.45, 7) is 0.548. The zero-order valence-corrected chi connectivity index (χ0v) is 13.8. The van der Waals surface area contributed by atoms with Gasteiger partial charge >= 0.3 is 6.03 Å². The smallest absolute Gasteiger partial charge is 0.317 e. The molecule has 4 rings (SSSR count). The summed E-state index contributed by atoms with van der Waals surface area (Å²) in [4.78, 5) is 14.5. The van der Waals surface area contributed by atoms with Crippen molar-refractivity contribution in [2.75, 3.05) is 10.2 Å². The summed E-state index contributed by atoms with van der Waals surface area (Å²) in [5.41, 5.74) is 3.79. The molecule has 2 amide bonds. The van der Waals surface area contributed by atoms with Crippen LogP contribution in [-0.2, 0) is 6.54 Å². The van der Waals surface area contributed by atoms with Crippen LogP contribution in [-0.4, -0.2) is 10.6 Å². The van der Waals surface area contributed by atoms with Crippen molar-refractivity contribution in [1.82, 2.24) is 4.57 Å². The zero-order chi connectivity index (χ0) is 15.8. The Labute approximate surface area is 142 Å². The van der Waals surface area contributed by atoms with Gasteiger partial charge in [0.25, 0.3) is 0 Å². The molecule has 0 fully saturated rings. The highest BCUT2D eigenvalue weighted by Crippen LogP contribution is 2.32. The molecule has 4 nitrogen and oxygen atoms in total. The third-order valence-electron chi connectivity index (χ3n) is 3.93. The first kappa shape index (κ1) is 14.1. The molecule has 0 aliphatic carbocycles. The molecule has 0 radical (unpaired) electrons. The Kier molecular flexibility index (Phi) is 3.42. The molecule has 114 valence electrons. The maximum atomic E-state index is 12.7. The van der Waals surface area contributed by atoms with Crippen LogP contribution < -0.4 is 10.2 Å². The van der Waals surface area contributed by atoms with Crippen molar-refractivity contribution < 1.29 is 4.79 Å². The molecule has 0 spiro atoms. The number of hydrogen-bond donors (Lipinski definition) is 1. The lowest BCUT2D eigenvalue weighted by Crippen LogP contribution is -2.38. The number of nitrogens with one attached hydrogen (secondary N) is 1. The summed E-state index contributed by atoms with van der Waals surface area (Å²) in [6, 6.07) is 19.4. The normalized spacial score (nSPS) is 12.5. The first-order chi connectivity index (χ1) is 11.2. The molecule has 0 atom stereocenters. The van der Waals surface area contributed by atoms with Crippen LogP contribution in [0.3, 0.4) is 0 Å². The van der Waals surface area contributed by atoms with Crippen molar-refractivity contribution in [2.24, 2.45) is 0 Å². The Hall–Kier alpha value is -2.53. The van der Waals surface area contributed by atoms with Gasteiger partial charge in [0.05, 0.1) is 17.9 Å². The van der Waals surface area contributed by atoms with Gasteiger partial charge in [-0.15, -0.1) is 0 Å². The third-order valence-corrected chi connectivity index (χ3v) is 4.45. The maximum absolute atomic E-state index is 12.7. The number of hydrogen-bond acceptors (Lipinski definition) is 1. The Morgan fingerprint density at radius 2 is 1.70 bits per heavy atom. The van der Waals surface area contributed by atoms with E-state index >= 15 is 0 Å². The minimum Gasteiger partial charge on any atom is -0.317 e. The highest BCUT2D eigenvalue weighted by molar-refractivity contribution is 9.10. The second-order valence-corrected chi connectivity index (χ2v) is 6.30. The standard InChI is InChI=1S/C18H14BrN3O/c19-13-7-9-14(10-8-13)20-18(23)22-12-15-4-3-11-21(15)16-5-1-2-6-17(16)22/h1-11H,12H2,(H,20,23). The van der Waals surface area contributed by atoms with Gasteiger partial charge in [-0.05, 0) is 48.5 Å². The molecular formula is C18H14BrN3O. The number of aromatic nitrogens is 1. The Morgan fingerprint density at radius 3 is 2.48 bits per heavy atom. The van der Waals surface area contributed by atoms with Crippen molar-refractivity contribution in [2.45, 2.75) is 6.54 Å². The van der Waals surface area contributed by atoms with Gasteiger partial charge in [-0.1, -0.05) is 28.1 Å². The van der Waals surface area contributed by atoms with E-state index in [-0.39, 0.29) is 6.03 Å². The van der Waals surface area contributed by atoms with Crippen molar-refractivity contribution in [3.05, 3.63) is 77.0 Å². The van der Waals surface area contributed by atoms with Crippen LogP contribution in [0.2, 0.25) is 0 Å². The fraction of sp³-hybridized carbons (Fsp3) is 0.0556. The second-order valence-electron chi connectivity index (χ2n) is 5.38. The number of nitrogens with zero attached hydrogens (tertiary/aromatic N) is 2. The van der Waals surface area contributed by atoms with Gasteiger partial charge in [-0.3, -0.25) is 4.90 Å². The highest BCUT2D eigenvalue weighted by Gasteiger charge is 2.25. The van der Waals surface area contributed by atoms with Gasteiger partial charge in [-0.25, -0.2) is 4.79 Å².